The summed E-state index contributed by atoms with van der Waals surface area (Å²) in [4.78, 5) is 30.3. The minimum Gasteiger partial charge on any atom is -0.468 e. The smallest absolute Gasteiger partial charge is 0.323 e. The number of ether oxygens (including phenoxy) is 2. The molecule has 20 heavy (non-hydrogen) atoms. The van der Waals surface area contributed by atoms with Gasteiger partial charge in [0.15, 0.2) is 5.41 Å². The molecule has 0 unspecified atom stereocenters. The third kappa shape index (κ3) is 2.11. The Morgan fingerprint density at radius 3 is 2.20 bits per heavy atom. The molecule has 0 bridgehead atoms. The Kier molecular flexibility index (Phi) is 3.65. The third-order valence-electron chi connectivity index (χ3n) is 3.66. The van der Waals surface area contributed by atoms with Crippen molar-refractivity contribution in [3.63, 3.8) is 0 Å². The quantitative estimate of drug-likeness (QED) is 0.595. The van der Waals surface area contributed by atoms with E-state index in [0.29, 0.717) is 0 Å². The molecule has 0 fully saturated rings. The van der Waals surface area contributed by atoms with Crippen molar-refractivity contribution in [3.05, 3.63) is 23.4 Å². The van der Waals surface area contributed by atoms with Gasteiger partial charge >= 0.3 is 11.9 Å². The minimum atomic E-state index is -1.28. The van der Waals surface area contributed by atoms with Gasteiger partial charge in [-0.1, -0.05) is 0 Å². The lowest BCUT2D eigenvalue weighted by molar-refractivity contribution is -0.168. The lowest BCUT2D eigenvalue weighted by Crippen LogP contribution is -2.42. The van der Waals surface area contributed by atoms with Gasteiger partial charge in [0, 0.05) is 26.7 Å². The molecule has 2 rings (SSSR count). The zero-order valence-electron chi connectivity index (χ0n) is 12.1. The average molecular weight is 278 g/mol. The fourth-order valence-electron chi connectivity index (χ4n) is 2.56. The van der Waals surface area contributed by atoms with Gasteiger partial charge in [-0.3, -0.25) is 9.59 Å². The van der Waals surface area contributed by atoms with E-state index in [1.54, 1.807) is 6.20 Å². The molecule has 0 N–H and O–H groups in total. The number of carbonyl (C=O) groups is 2. The lowest BCUT2D eigenvalue weighted by Gasteiger charge is -2.22. The van der Waals surface area contributed by atoms with Crippen molar-refractivity contribution in [1.29, 1.82) is 0 Å². The molecule has 1 aromatic rings. The first-order valence-corrected chi connectivity index (χ1v) is 6.26. The van der Waals surface area contributed by atoms with Crippen LogP contribution in [0, 0.1) is 5.41 Å². The standard InChI is InChI=1S/C14H18N2O4/c1-16(2)11-5-9-6-14(12(17)19-3,13(18)20-4)7-10(9)8-15-11/h5,8H,6-7H2,1-4H3. The summed E-state index contributed by atoms with van der Waals surface area (Å²) >= 11 is 0. The molecule has 0 amide bonds. The summed E-state index contributed by atoms with van der Waals surface area (Å²) in [7, 11) is 6.33. The molecule has 6 nitrogen and oxygen atoms in total. The molecule has 0 atom stereocenters. The Hall–Kier alpha value is -2.11. The molecule has 0 radical (unpaired) electrons. The zero-order valence-corrected chi connectivity index (χ0v) is 12.1. The maximum Gasteiger partial charge on any atom is 0.323 e. The number of aromatic nitrogens is 1. The van der Waals surface area contributed by atoms with E-state index in [2.05, 4.69) is 4.98 Å². The summed E-state index contributed by atoms with van der Waals surface area (Å²) in [5.74, 6) is -0.340. The molecule has 0 aromatic carbocycles. The van der Waals surface area contributed by atoms with Crippen LogP contribution in [-0.2, 0) is 31.9 Å². The van der Waals surface area contributed by atoms with Crippen molar-refractivity contribution in [1.82, 2.24) is 4.98 Å². The molecule has 1 aliphatic carbocycles. The molecular weight excluding hydrogens is 260 g/mol. The number of nitrogens with zero attached hydrogens (tertiary/aromatic N) is 2. The number of fused-ring (bicyclic) bond motifs is 1. The highest BCUT2D eigenvalue weighted by atomic mass is 16.5. The Morgan fingerprint density at radius 1 is 1.15 bits per heavy atom. The van der Waals surface area contributed by atoms with Gasteiger partial charge in [-0.25, -0.2) is 4.98 Å². The topological polar surface area (TPSA) is 68.7 Å². The molecular formula is C14H18N2O4. The van der Waals surface area contributed by atoms with Gasteiger partial charge in [-0.15, -0.1) is 0 Å². The normalized spacial score (nSPS) is 15.4. The first kappa shape index (κ1) is 14.3. The highest BCUT2D eigenvalue weighted by molar-refractivity contribution is 6.01. The van der Waals surface area contributed by atoms with E-state index in [4.69, 9.17) is 9.47 Å². The Bertz CT molecular complexity index is 538. The van der Waals surface area contributed by atoms with E-state index in [0.717, 1.165) is 16.9 Å². The monoisotopic (exact) mass is 278 g/mol. The number of pyridine rings is 1. The van der Waals surface area contributed by atoms with Gasteiger partial charge < -0.3 is 14.4 Å². The number of anilines is 1. The first-order chi connectivity index (χ1) is 9.44. The molecule has 0 saturated carbocycles. The van der Waals surface area contributed by atoms with Gasteiger partial charge in [-0.05, 0) is 23.6 Å². The van der Waals surface area contributed by atoms with E-state index in [-0.39, 0.29) is 12.8 Å². The van der Waals surface area contributed by atoms with Crippen molar-refractivity contribution in [2.75, 3.05) is 33.2 Å². The summed E-state index contributed by atoms with van der Waals surface area (Å²) in [5, 5.41) is 0. The maximum atomic E-state index is 12.1. The summed E-state index contributed by atoms with van der Waals surface area (Å²) in [6.07, 6.45) is 2.26. The van der Waals surface area contributed by atoms with E-state index >= 15 is 0 Å². The van der Waals surface area contributed by atoms with Crippen LogP contribution in [0.3, 0.4) is 0 Å². The lowest BCUT2D eigenvalue weighted by atomic mass is 9.85. The second kappa shape index (κ2) is 5.11. The molecule has 1 aromatic heterocycles. The van der Waals surface area contributed by atoms with Crippen LogP contribution in [0.5, 0.6) is 0 Å². The van der Waals surface area contributed by atoms with Crippen molar-refractivity contribution >= 4 is 17.8 Å². The summed E-state index contributed by atoms with van der Waals surface area (Å²) in [6, 6.07) is 1.89. The third-order valence-corrected chi connectivity index (χ3v) is 3.66. The highest BCUT2D eigenvalue weighted by Crippen LogP contribution is 2.39. The molecule has 1 heterocycles. The second-order valence-corrected chi connectivity index (χ2v) is 5.12. The first-order valence-electron chi connectivity index (χ1n) is 6.26. The van der Waals surface area contributed by atoms with E-state index in [9.17, 15) is 9.59 Å². The van der Waals surface area contributed by atoms with E-state index in [1.165, 1.54) is 14.2 Å². The van der Waals surface area contributed by atoms with Gasteiger partial charge in [0.25, 0.3) is 0 Å². The molecule has 0 saturated heterocycles. The molecule has 0 spiro atoms. The van der Waals surface area contributed by atoms with Crippen LogP contribution in [0.1, 0.15) is 11.1 Å². The van der Waals surface area contributed by atoms with Crippen LogP contribution in [0.25, 0.3) is 0 Å². The SMILES string of the molecule is COC(=O)C1(C(=O)OC)Cc2cnc(N(C)C)cc2C1. The summed E-state index contributed by atoms with van der Waals surface area (Å²) in [6.45, 7) is 0. The number of methoxy groups -OCH3 is 2. The van der Waals surface area contributed by atoms with Crippen molar-refractivity contribution in [3.8, 4) is 0 Å². The largest absolute Gasteiger partial charge is 0.468 e. The van der Waals surface area contributed by atoms with Crippen molar-refractivity contribution in [2.24, 2.45) is 5.41 Å². The summed E-state index contributed by atoms with van der Waals surface area (Å²) in [5.41, 5.74) is 0.532. The van der Waals surface area contributed by atoms with Gasteiger partial charge in [0.1, 0.15) is 5.82 Å². The fraction of sp³-hybridized carbons (Fsp3) is 0.500. The van der Waals surface area contributed by atoms with Crippen LogP contribution in [-0.4, -0.2) is 45.2 Å². The highest BCUT2D eigenvalue weighted by Gasteiger charge is 2.52. The van der Waals surface area contributed by atoms with Crippen molar-refractivity contribution < 1.29 is 19.1 Å². The molecule has 1 aliphatic rings. The Labute approximate surface area is 117 Å². The van der Waals surface area contributed by atoms with E-state index < -0.39 is 17.4 Å². The van der Waals surface area contributed by atoms with E-state index in [1.807, 2.05) is 25.1 Å². The predicted octanol–water partition coefficient (Wildman–Crippen LogP) is 0.579. The maximum absolute atomic E-state index is 12.1. The fourth-order valence-corrected chi connectivity index (χ4v) is 2.56. The molecule has 0 aliphatic heterocycles. The Morgan fingerprint density at radius 2 is 1.70 bits per heavy atom. The van der Waals surface area contributed by atoms with Gasteiger partial charge in [-0.2, -0.15) is 0 Å². The van der Waals surface area contributed by atoms with Crippen LogP contribution in [0.2, 0.25) is 0 Å². The van der Waals surface area contributed by atoms with Crippen LogP contribution < -0.4 is 4.90 Å². The number of hydrogen-bond acceptors (Lipinski definition) is 6. The van der Waals surface area contributed by atoms with Crippen LogP contribution >= 0.6 is 0 Å². The molecule has 108 valence electrons. The van der Waals surface area contributed by atoms with Crippen molar-refractivity contribution in [2.45, 2.75) is 12.8 Å². The van der Waals surface area contributed by atoms with Gasteiger partial charge in [0.05, 0.1) is 14.2 Å². The minimum absolute atomic E-state index is 0.266. The number of esters is 2. The average Bonchev–Trinajstić information content (AvgIpc) is 2.84. The van der Waals surface area contributed by atoms with Gasteiger partial charge in [0.2, 0.25) is 0 Å². The van der Waals surface area contributed by atoms with Crippen LogP contribution in [0.15, 0.2) is 12.3 Å². The molecule has 6 heteroatoms. The Balaban J connectivity index is 2.42. The predicted molar refractivity (Wildman–Crippen MR) is 72.4 cm³/mol. The summed E-state index contributed by atoms with van der Waals surface area (Å²) < 4.78 is 9.60. The number of hydrogen-bond donors (Lipinski definition) is 0. The second-order valence-electron chi connectivity index (χ2n) is 5.12. The number of carbonyl (C=O) groups excluding carboxylic acids is 2. The zero-order chi connectivity index (χ0) is 14.9. The number of rotatable bonds is 3. The van der Waals surface area contributed by atoms with Crippen LogP contribution in [0.4, 0.5) is 5.82 Å².